The predicted octanol–water partition coefficient (Wildman–Crippen LogP) is 2.64. The number of ether oxygens (including phenoxy) is 3. The van der Waals surface area contributed by atoms with Gasteiger partial charge < -0.3 is 14.2 Å². The van der Waals surface area contributed by atoms with Crippen LogP contribution >= 0.6 is 15.9 Å². The monoisotopic (exact) mass is 288 g/mol. The van der Waals surface area contributed by atoms with E-state index in [-0.39, 0.29) is 6.79 Å². The number of aldehydes is 1. The minimum atomic E-state index is 0.130. The van der Waals surface area contributed by atoms with Gasteiger partial charge in [-0.2, -0.15) is 0 Å². The highest BCUT2D eigenvalue weighted by Gasteiger charge is 2.09. The van der Waals surface area contributed by atoms with Crippen LogP contribution in [0, 0.1) is 0 Å². The molecule has 0 radical (unpaired) electrons. The van der Waals surface area contributed by atoms with Crippen LogP contribution in [0.15, 0.2) is 16.6 Å². The highest BCUT2D eigenvalue weighted by atomic mass is 79.9. The molecule has 0 unspecified atom stereocenters. The molecule has 0 aliphatic carbocycles. The molecule has 1 rings (SSSR count). The van der Waals surface area contributed by atoms with E-state index >= 15 is 0 Å². The summed E-state index contributed by atoms with van der Waals surface area (Å²) in [5, 5.41) is 0. The fourth-order valence-corrected chi connectivity index (χ4v) is 1.59. The molecule has 0 saturated heterocycles. The van der Waals surface area contributed by atoms with E-state index in [0.717, 1.165) is 10.8 Å². The van der Waals surface area contributed by atoms with E-state index in [9.17, 15) is 4.79 Å². The smallest absolute Gasteiger partial charge is 0.188 e. The summed E-state index contributed by atoms with van der Waals surface area (Å²) in [6, 6.07) is 3.32. The first kappa shape index (κ1) is 13.0. The van der Waals surface area contributed by atoms with Crippen molar-refractivity contribution in [3.05, 3.63) is 22.2 Å². The van der Waals surface area contributed by atoms with Crippen LogP contribution in [0.1, 0.15) is 17.3 Å². The van der Waals surface area contributed by atoms with Crippen LogP contribution in [-0.4, -0.2) is 26.8 Å². The van der Waals surface area contributed by atoms with Crippen molar-refractivity contribution in [3.8, 4) is 11.5 Å². The van der Waals surface area contributed by atoms with Gasteiger partial charge in [-0.15, -0.1) is 0 Å². The van der Waals surface area contributed by atoms with E-state index in [4.69, 9.17) is 14.2 Å². The van der Waals surface area contributed by atoms with Crippen molar-refractivity contribution in [1.29, 1.82) is 0 Å². The molecule has 0 N–H and O–H groups in total. The summed E-state index contributed by atoms with van der Waals surface area (Å²) >= 11 is 3.33. The number of rotatable bonds is 6. The van der Waals surface area contributed by atoms with Gasteiger partial charge in [0.1, 0.15) is 11.5 Å². The molecular weight excluding hydrogens is 276 g/mol. The molecule has 0 bridgehead atoms. The molecule has 0 spiro atoms. The van der Waals surface area contributed by atoms with Crippen molar-refractivity contribution in [2.45, 2.75) is 6.92 Å². The van der Waals surface area contributed by atoms with Crippen LogP contribution < -0.4 is 9.47 Å². The van der Waals surface area contributed by atoms with Crippen LogP contribution in [0.2, 0.25) is 0 Å². The minimum absolute atomic E-state index is 0.130. The normalized spacial score (nSPS) is 9.94. The van der Waals surface area contributed by atoms with Crippen LogP contribution in [0.3, 0.4) is 0 Å². The molecule has 1 aromatic rings. The number of benzene rings is 1. The minimum Gasteiger partial charge on any atom is -0.493 e. The van der Waals surface area contributed by atoms with Gasteiger partial charge in [0, 0.05) is 7.11 Å². The molecule has 0 aliphatic rings. The van der Waals surface area contributed by atoms with Gasteiger partial charge >= 0.3 is 0 Å². The highest BCUT2D eigenvalue weighted by Crippen LogP contribution is 2.32. The summed E-state index contributed by atoms with van der Waals surface area (Å²) in [5.41, 5.74) is 0.455. The van der Waals surface area contributed by atoms with E-state index in [1.165, 1.54) is 7.11 Å². The SMILES string of the molecule is CCOc1cc(Br)c(OCOC)cc1C=O. The van der Waals surface area contributed by atoms with Gasteiger partial charge in [-0.25, -0.2) is 0 Å². The molecule has 88 valence electrons. The van der Waals surface area contributed by atoms with Crippen molar-refractivity contribution in [2.75, 3.05) is 20.5 Å². The summed E-state index contributed by atoms with van der Waals surface area (Å²) in [5.74, 6) is 1.08. The van der Waals surface area contributed by atoms with Crippen LogP contribution in [-0.2, 0) is 4.74 Å². The Balaban J connectivity index is 3.00. The van der Waals surface area contributed by atoms with Crippen molar-refractivity contribution in [2.24, 2.45) is 0 Å². The zero-order valence-corrected chi connectivity index (χ0v) is 10.7. The molecule has 0 atom stereocenters. The van der Waals surface area contributed by atoms with E-state index < -0.39 is 0 Å². The standard InChI is InChI=1S/C11H13BrO4/c1-3-15-10-5-9(12)11(16-7-14-2)4-8(10)6-13/h4-6H,3,7H2,1-2H3. The molecule has 5 heteroatoms. The first-order chi connectivity index (χ1) is 7.72. The Labute approximate surface area is 103 Å². The molecule has 0 aliphatic heterocycles. The summed E-state index contributed by atoms with van der Waals surface area (Å²) in [7, 11) is 1.53. The van der Waals surface area contributed by atoms with Crippen molar-refractivity contribution >= 4 is 22.2 Å². The Hall–Kier alpha value is -1.07. The lowest BCUT2D eigenvalue weighted by molar-refractivity contribution is 0.0504. The first-order valence-electron chi connectivity index (χ1n) is 4.76. The lowest BCUT2D eigenvalue weighted by Crippen LogP contribution is -2.02. The van der Waals surface area contributed by atoms with E-state index in [2.05, 4.69) is 15.9 Å². The highest BCUT2D eigenvalue weighted by molar-refractivity contribution is 9.10. The van der Waals surface area contributed by atoms with Gasteiger partial charge in [0.05, 0.1) is 16.6 Å². The average molecular weight is 289 g/mol. The molecule has 16 heavy (non-hydrogen) atoms. The van der Waals surface area contributed by atoms with Crippen LogP contribution in [0.4, 0.5) is 0 Å². The van der Waals surface area contributed by atoms with E-state index in [1.54, 1.807) is 12.1 Å². The van der Waals surface area contributed by atoms with Gasteiger partial charge in [0.15, 0.2) is 13.1 Å². The number of methoxy groups -OCH3 is 1. The molecule has 1 aromatic carbocycles. The van der Waals surface area contributed by atoms with Gasteiger partial charge in [-0.1, -0.05) is 0 Å². The fraction of sp³-hybridized carbons (Fsp3) is 0.364. The van der Waals surface area contributed by atoms with Gasteiger partial charge in [-0.05, 0) is 35.0 Å². The lowest BCUT2D eigenvalue weighted by Gasteiger charge is -2.11. The zero-order chi connectivity index (χ0) is 12.0. The predicted molar refractivity (Wildman–Crippen MR) is 63.2 cm³/mol. The topological polar surface area (TPSA) is 44.8 Å². The first-order valence-corrected chi connectivity index (χ1v) is 5.55. The van der Waals surface area contributed by atoms with Gasteiger partial charge in [0.2, 0.25) is 0 Å². The molecule has 0 fully saturated rings. The molecular formula is C11H13BrO4. The zero-order valence-electron chi connectivity index (χ0n) is 9.16. The Morgan fingerprint density at radius 2 is 2.06 bits per heavy atom. The van der Waals surface area contributed by atoms with Crippen LogP contribution in [0.25, 0.3) is 0 Å². The number of carbonyl (C=O) groups excluding carboxylic acids is 1. The van der Waals surface area contributed by atoms with Gasteiger partial charge in [0.25, 0.3) is 0 Å². The fourth-order valence-electron chi connectivity index (χ4n) is 1.16. The quantitative estimate of drug-likeness (QED) is 0.596. The third-order valence-corrected chi connectivity index (χ3v) is 2.44. The summed E-state index contributed by atoms with van der Waals surface area (Å²) in [6.45, 7) is 2.49. The average Bonchev–Trinajstić information content (AvgIpc) is 2.28. The maximum absolute atomic E-state index is 10.9. The van der Waals surface area contributed by atoms with E-state index in [1.807, 2.05) is 6.92 Å². The second-order valence-electron chi connectivity index (χ2n) is 2.92. The van der Waals surface area contributed by atoms with Crippen molar-refractivity contribution in [3.63, 3.8) is 0 Å². The summed E-state index contributed by atoms with van der Waals surface area (Å²) < 4.78 is 16.1. The second kappa shape index (κ2) is 6.50. The maximum Gasteiger partial charge on any atom is 0.188 e. The number of halogens is 1. The Bertz CT molecular complexity index is 365. The third-order valence-electron chi connectivity index (χ3n) is 1.82. The summed E-state index contributed by atoms with van der Waals surface area (Å²) in [6.07, 6.45) is 0.733. The molecule has 0 saturated carbocycles. The molecule has 0 aromatic heterocycles. The van der Waals surface area contributed by atoms with Gasteiger partial charge in [-0.3, -0.25) is 4.79 Å². The molecule has 0 amide bonds. The Kier molecular flexibility index (Phi) is 5.28. The van der Waals surface area contributed by atoms with Crippen molar-refractivity contribution in [1.82, 2.24) is 0 Å². The molecule has 4 nitrogen and oxygen atoms in total. The Morgan fingerprint density at radius 1 is 1.31 bits per heavy atom. The lowest BCUT2D eigenvalue weighted by atomic mass is 10.2. The number of hydrogen-bond acceptors (Lipinski definition) is 4. The largest absolute Gasteiger partial charge is 0.493 e. The van der Waals surface area contributed by atoms with E-state index in [0.29, 0.717) is 23.7 Å². The number of carbonyl (C=O) groups is 1. The third kappa shape index (κ3) is 3.21. The second-order valence-corrected chi connectivity index (χ2v) is 3.78. The van der Waals surface area contributed by atoms with Crippen LogP contribution in [0.5, 0.6) is 11.5 Å². The van der Waals surface area contributed by atoms with Crippen molar-refractivity contribution < 1.29 is 19.0 Å². The molecule has 0 heterocycles. The number of hydrogen-bond donors (Lipinski definition) is 0. The summed E-state index contributed by atoms with van der Waals surface area (Å²) in [4.78, 5) is 10.9. The maximum atomic E-state index is 10.9. The Morgan fingerprint density at radius 3 is 2.62 bits per heavy atom.